The van der Waals surface area contributed by atoms with Crippen LogP contribution in [0.5, 0.6) is 0 Å². The molecule has 6 heteroatoms. The monoisotopic (exact) mass is 450 g/mol. The van der Waals surface area contributed by atoms with Crippen molar-refractivity contribution < 1.29 is 13.2 Å². The van der Waals surface area contributed by atoms with Crippen LogP contribution in [0.2, 0.25) is 0 Å². The zero-order valence-corrected chi connectivity index (χ0v) is 19.7. The van der Waals surface area contributed by atoms with E-state index in [0.717, 1.165) is 34.7 Å². The van der Waals surface area contributed by atoms with Crippen molar-refractivity contribution >= 4 is 27.3 Å². The highest BCUT2D eigenvalue weighted by molar-refractivity contribution is 7.92. The smallest absolute Gasteiger partial charge is 0.264 e. The molecule has 0 saturated carbocycles. The summed E-state index contributed by atoms with van der Waals surface area (Å²) in [6.07, 6.45) is 3.25. The molecule has 0 bridgehead atoms. The molecule has 0 unspecified atom stereocenters. The molecule has 0 aliphatic heterocycles. The van der Waals surface area contributed by atoms with Gasteiger partial charge in [0.1, 0.15) is 6.54 Å². The van der Waals surface area contributed by atoms with Gasteiger partial charge in [-0.25, -0.2) is 8.42 Å². The molecule has 5 nitrogen and oxygen atoms in total. The molecule has 0 fully saturated rings. The van der Waals surface area contributed by atoms with Crippen molar-refractivity contribution in [3.63, 3.8) is 0 Å². The van der Waals surface area contributed by atoms with E-state index in [1.807, 2.05) is 50.2 Å². The normalized spacial score (nSPS) is 11.2. The number of sulfonamides is 1. The van der Waals surface area contributed by atoms with E-state index in [1.165, 1.54) is 5.56 Å². The molecule has 0 heterocycles. The van der Waals surface area contributed by atoms with Crippen LogP contribution in [0.1, 0.15) is 36.5 Å². The van der Waals surface area contributed by atoms with E-state index >= 15 is 0 Å². The minimum absolute atomic E-state index is 0.150. The van der Waals surface area contributed by atoms with Crippen LogP contribution in [0.4, 0.5) is 11.4 Å². The van der Waals surface area contributed by atoms with Crippen LogP contribution in [-0.4, -0.2) is 20.9 Å². The summed E-state index contributed by atoms with van der Waals surface area (Å²) < 4.78 is 28.0. The minimum Gasteiger partial charge on any atom is -0.325 e. The fourth-order valence-electron chi connectivity index (χ4n) is 3.33. The maximum atomic E-state index is 13.4. The lowest BCUT2D eigenvalue weighted by Crippen LogP contribution is -2.38. The molecule has 0 aliphatic rings. The predicted octanol–water partition coefficient (Wildman–Crippen LogP) is 5.48. The molecule has 168 valence electrons. The second-order valence-electron chi connectivity index (χ2n) is 8.01. The van der Waals surface area contributed by atoms with E-state index in [4.69, 9.17) is 0 Å². The number of amides is 1. The van der Waals surface area contributed by atoms with Gasteiger partial charge in [0.05, 0.1) is 10.6 Å². The third-order valence-electron chi connectivity index (χ3n) is 5.27. The summed E-state index contributed by atoms with van der Waals surface area (Å²) in [6, 6.07) is 21.4. The molecule has 0 aromatic heterocycles. The number of benzene rings is 3. The summed E-state index contributed by atoms with van der Waals surface area (Å²) in [5.41, 5.74) is 4.28. The maximum absolute atomic E-state index is 13.4. The number of rotatable bonds is 9. The number of unbranched alkanes of at least 4 members (excludes halogenated alkanes) is 1. The molecule has 3 aromatic rings. The van der Waals surface area contributed by atoms with Gasteiger partial charge in [-0.1, -0.05) is 60.9 Å². The Kier molecular flexibility index (Phi) is 7.70. The fourth-order valence-corrected chi connectivity index (χ4v) is 4.75. The average Bonchev–Trinajstić information content (AvgIpc) is 2.78. The number of nitrogens with zero attached hydrogens (tertiary/aromatic N) is 1. The van der Waals surface area contributed by atoms with Crippen molar-refractivity contribution in [3.05, 3.63) is 89.5 Å². The highest BCUT2D eigenvalue weighted by atomic mass is 32.2. The lowest BCUT2D eigenvalue weighted by Gasteiger charge is -2.24. The predicted molar refractivity (Wildman–Crippen MR) is 131 cm³/mol. The number of nitrogens with one attached hydrogen (secondary N) is 1. The summed E-state index contributed by atoms with van der Waals surface area (Å²) in [4.78, 5) is 13.0. The summed E-state index contributed by atoms with van der Waals surface area (Å²) in [7, 11) is -3.92. The van der Waals surface area contributed by atoms with Crippen molar-refractivity contribution in [2.45, 2.75) is 44.9 Å². The highest BCUT2D eigenvalue weighted by Gasteiger charge is 2.27. The second-order valence-corrected chi connectivity index (χ2v) is 9.87. The van der Waals surface area contributed by atoms with Crippen molar-refractivity contribution in [2.75, 3.05) is 16.2 Å². The number of aryl methyl sites for hydroxylation is 3. The first-order valence-electron chi connectivity index (χ1n) is 10.8. The first-order chi connectivity index (χ1) is 15.3. The van der Waals surface area contributed by atoms with Gasteiger partial charge in [-0.15, -0.1) is 0 Å². The van der Waals surface area contributed by atoms with Gasteiger partial charge < -0.3 is 5.32 Å². The molecule has 0 aliphatic carbocycles. The Bertz CT molecular complexity index is 1140. The van der Waals surface area contributed by atoms with Crippen LogP contribution < -0.4 is 9.62 Å². The molecular weight excluding hydrogens is 420 g/mol. The minimum atomic E-state index is -3.92. The SMILES string of the molecule is CCCCc1ccc(NC(=O)CN(c2ccc(C)cc2)S(=O)(=O)c2ccc(C)cc2)cc1. The van der Waals surface area contributed by atoms with Crippen LogP contribution in [-0.2, 0) is 21.2 Å². The number of hydrogen-bond donors (Lipinski definition) is 1. The quantitative estimate of drug-likeness (QED) is 0.469. The first-order valence-corrected chi connectivity index (χ1v) is 12.3. The fraction of sp³-hybridized carbons (Fsp3) is 0.269. The largest absolute Gasteiger partial charge is 0.325 e. The Hall–Kier alpha value is -3.12. The van der Waals surface area contributed by atoms with Gasteiger partial charge in [0, 0.05) is 5.69 Å². The van der Waals surface area contributed by atoms with Crippen molar-refractivity contribution in [3.8, 4) is 0 Å². The van der Waals surface area contributed by atoms with Crippen LogP contribution in [0.25, 0.3) is 0 Å². The van der Waals surface area contributed by atoms with Gasteiger partial charge in [-0.3, -0.25) is 9.10 Å². The van der Waals surface area contributed by atoms with Crippen molar-refractivity contribution in [2.24, 2.45) is 0 Å². The maximum Gasteiger partial charge on any atom is 0.264 e. The molecular formula is C26H30N2O3S. The number of carbonyl (C=O) groups excluding carboxylic acids is 1. The lowest BCUT2D eigenvalue weighted by molar-refractivity contribution is -0.114. The zero-order valence-electron chi connectivity index (χ0n) is 18.8. The summed E-state index contributed by atoms with van der Waals surface area (Å²) >= 11 is 0. The molecule has 0 spiro atoms. The average molecular weight is 451 g/mol. The van der Waals surface area contributed by atoms with Gasteiger partial charge in [0.2, 0.25) is 5.91 Å². The number of anilines is 2. The molecule has 0 saturated heterocycles. The van der Waals surface area contributed by atoms with Gasteiger partial charge in [-0.2, -0.15) is 0 Å². The molecule has 3 aromatic carbocycles. The van der Waals surface area contributed by atoms with E-state index in [9.17, 15) is 13.2 Å². The van der Waals surface area contributed by atoms with Crippen LogP contribution in [0.15, 0.2) is 77.7 Å². The van der Waals surface area contributed by atoms with E-state index in [0.29, 0.717) is 11.4 Å². The Labute approximate surface area is 191 Å². The van der Waals surface area contributed by atoms with Crippen LogP contribution in [0.3, 0.4) is 0 Å². The third kappa shape index (κ3) is 5.98. The standard InChI is InChI=1S/C26H30N2O3S/c1-4-5-6-22-11-13-23(14-12-22)27-26(29)19-28(24-15-7-20(2)8-16-24)32(30,31)25-17-9-21(3)10-18-25/h7-18H,4-6,19H2,1-3H3,(H,27,29). The Balaban J connectivity index is 1.83. The van der Waals surface area contributed by atoms with E-state index in [1.54, 1.807) is 36.4 Å². The van der Waals surface area contributed by atoms with E-state index in [-0.39, 0.29) is 11.4 Å². The summed E-state index contributed by atoms with van der Waals surface area (Å²) in [5, 5.41) is 2.82. The molecule has 0 atom stereocenters. The highest BCUT2D eigenvalue weighted by Crippen LogP contribution is 2.24. The summed E-state index contributed by atoms with van der Waals surface area (Å²) in [6.45, 7) is 5.66. The third-order valence-corrected chi connectivity index (χ3v) is 7.06. The van der Waals surface area contributed by atoms with Crippen molar-refractivity contribution in [1.82, 2.24) is 0 Å². The molecule has 3 rings (SSSR count). The Morgan fingerprint density at radius 3 is 1.97 bits per heavy atom. The van der Waals surface area contributed by atoms with Gasteiger partial charge in [0.25, 0.3) is 10.0 Å². The van der Waals surface area contributed by atoms with Gasteiger partial charge in [-0.05, 0) is 68.7 Å². The Morgan fingerprint density at radius 2 is 1.41 bits per heavy atom. The van der Waals surface area contributed by atoms with Crippen LogP contribution >= 0.6 is 0 Å². The summed E-state index contributed by atoms with van der Waals surface area (Å²) in [5.74, 6) is -0.400. The van der Waals surface area contributed by atoms with E-state index in [2.05, 4.69) is 12.2 Å². The Morgan fingerprint density at radius 1 is 0.844 bits per heavy atom. The first kappa shape index (κ1) is 23.5. The molecule has 1 amide bonds. The van der Waals surface area contributed by atoms with Gasteiger partial charge in [0.15, 0.2) is 0 Å². The van der Waals surface area contributed by atoms with Crippen molar-refractivity contribution in [1.29, 1.82) is 0 Å². The topological polar surface area (TPSA) is 66.5 Å². The number of carbonyl (C=O) groups is 1. The lowest BCUT2D eigenvalue weighted by atomic mass is 10.1. The van der Waals surface area contributed by atoms with Gasteiger partial charge >= 0.3 is 0 Å². The molecule has 0 radical (unpaired) electrons. The second kappa shape index (κ2) is 10.5. The van der Waals surface area contributed by atoms with Crippen LogP contribution in [0, 0.1) is 13.8 Å². The number of hydrogen-bond acceptors (Lipinski definition) is 3. The zero-order chi connectivity index (χ0) is 23.1. The molecule has 32 heavy (non-hydrogen) atoms. The van der Waals surface area contributed by atoms with E-state index < -0.39 is 15.9 Å². The molecule has 1 N–H and O–H groups in total.